The Morgan fingerprint density at radius 1 is 1.39 bits per heavy atom. The van der Waals surface area contributed by atoms with Crippen molar-refractivity contribution in [3.63, 3.8) is 0 Å². The first-order valence-corrected chi connectivity index (χ1v) is 8.45. The molecule has 2 aliphatic rings. The van der Waals surface area contributed by atoms with Gasteiger partial charge in [-0.25, -0.2) is 4.79 Å². The van der Waals surface area contributed by atoms with Crippen molar-refractivity contribution in [2.24, 2.45) is 0 Å². The maximum atomic E-state index is 14.5. The van der Waals surface area contributed by atoms with Crippen molar-refractivity contribution in [3.8, 4) is 5.75 Å². The smallest absolute Gasteiger partial charge is 0.343 e. The highest BCUT2D eigenvalue weighted by molar-refractivity contribution is 5.99. The maximum absolute atomic E-state index is 14.5. The van der Waals surface area contributed by atoms with Crippen molar-refractivity contribution >= 4 is 22.6 Å². The molecular weight excluding hydrogens is 382 g/mol. The molecule has 1 atom stereocenters. The fourth-order valence-corrected chi connectivity index (χ4v) is 3.68. The quantitative estimate of drug-likeness (QED) is 0.442. The molecule has 1 unspecified atom stereocenters. The average molecular weight is 396 g/mol. The summed E-state index contributed by atoms with van der Waals surface area (Å²) in [6, 6.07) is 0. The van der Waals surface area contributed by atoms with E-state index in [2.05, 4.69) is 0 Å². The van der Waals surface area contributed by atoms with Gasteiger partial charge < -0.3 is 18.8 Å². The maximum Gasteiger partial charge on any atom is 0.343 e. The van der Waals surface area contributed by atoms with Crippen LogP contribution in [0, 0.1) is 21.7 Å². The van der Waals surface area contributed by atoms with Gasteiger partial charge in [0.2, 0.25) is 17.1 Å². The van der Waals surface area contributed by atoms with Gasteiger partial charge in [-0.1, -0.05) is 0 Å². The number of hydrogen-bond acceptors (Lipinski definition) is 7. The number of benzene rings is 1. The van der Waals surface area contributed by atoms with E-state index < -0.39 is 55.9 Å². The molecule has 0 saturated carbocycles. The van der Waals surface area contributed by atoms with Crippen molar-refractivity contribution in [2.45, 2.75) is 18.9 Å². The average Bonchev–Trinajstić information content (AvgIpc) is 3.11. The highest BCUT2D eigenvalue weighted by Gasteiger charge is 2.45. The fourth-order valence-electron chi connectivity index (χ4n) is 3.68. The second kappa shape index (κ2) is 6.23. The van der Waals surface area contributed by atoms with Crippen molar-refractivity contribution in [1.82, 2.24) is 4.57 Å². The molecule has 1 aromatic heterocycles. The minimum Gasteiger partial charge on any atom is -0.486 e. The number of esters is 1. The summed E-state index contributed by atoms with van der Waals surface area (Å²) in [7, 11) is 0. The zero-order valence-electron chi connectivity index (χ0n) is 14.6. The van der Waals surface area contributed by atoms with Gasteiger partial charge in [0.15, 0.2) is 5.75 Å². The molecule has 2 aromatic rings. The number of nitro groups is 1. The minimum atomic E-state index is -1.82. The Balaban J connectivity index is 2.21. The van der Waals surface area contributed by atoms with Gasteiger partial charge in [0, 0.05) is 12.8 Å². The summed E-state index contributed by atoms with van der Waals surface area (Å²) in [6.45, 7) is 1.80. The zero-order chi connectivity index (χ0) is 20.2. The van der Waals surface area contributed by atoms with E-state index in [0.29, 0.717) is 13.0 Å². The number of fused-ring (bicyclic) bond motifs is 1. The van der Waals surface area contributed by atoms with Gasteiger partial charge >= 0.3 is 11.7 Å². The Bertz CT molecular complexity index is 1090. The van der Waals surface area contributed by atoms with E-state index in [4.69, 9.17) is 14.2 Å². The molecule has 0 radical (unpaired) electrons. The molecular formula is C17H14F2N2O7. The van der Waals surface area contributed by atoms with E-state index in [9.17, 15) is 28.5 Å². The molecule has 4 rings (SSSR count). The van der Waals surface area contributed by atoms with E-state index in [0.717, 1.165) is 6.20 Å². The van der Waals surface area contributed by atoms with Gasteiger partial charge in [-0.2, -0.15) is 8.78 Å². The highest BCUT2D eigenvalue weighted by atomic mass is 19.2. The summed E-state index contributed by atoms with van der Waals surface area (Å²) in [4.78, 5) is 35.4. The van der Waals surface area contributed by atoms with Crippen LogP contribution in [0.4, 0.5) is 14.5 Å². The lowest BCUT2D eigenvalue weighted by Crippen LogP contribution is -2.44. The van der Waals surface area contributed by atoms with Gasteiger partial charge in [0.25, 0.3) is 0 Å². The summed E-state index contributed by atoms with van der Waals surface area (Å²) in [5.41, 5.74) is -4.18. The number of nitrogens with zero attached hydrogens (tertiary/aromatic N) is 2. The van der Waals surface area contributed by atoms with Gasteiger partial charge in [0.05, 0.1) is 18.1 Å². The number of pyridine rings is 1. The van der Waals surface area contributed by atoms with Crippen LogP contribution in [0.15, 0.2) is 11.0 Å². The van der Waals surface area contributed by atoms with Crippen LogP contribution in [0.25, 0.3) is 10.9 Å². The van der Waals surface area contributed by atoms with Crippen LogP contribution in [0.1, 0.15) is 23.7 Å². The topological polar surface area (TPSA) is 110 Å². The van der Waals surface area contributed by atoms with E-state index in [1.807, 2.05) is 0 Å². The number of rotatable bonds is 3. The Kier molecular flexibility index (Phi) is 4.07. The number of hydrogen-bond donors (Lipinski definition) is 0. The van der Waals surface area contributed by atoms with Crippen LogP contribution in [0.2, 0.25) is 0 Å². The molecule has 3 heterocycles. The molecule has 9 nitrogen and oxygen atoms in total. The molecule has 2 aliphatic heterocycles. The summed E-state index contributed by atoms with van der Waals surface area (Å²) >= 11 is 0. The minimum absolute atomic E-state index is 0.0429. The molecule has 1 fully saturated rings. The van der Waals surface area contributed by atoms with Crippen molar-refractivity contribution in [1.29, 1.82) is 0 Å². The lowest BCUT2D eigenvalue weighted by atomic mass is 9.95. The van der Waals surface area contributed by atoms with Gasteiger partial charge in [-0.05, 0) is 13.3 Å². The molecule has 0 amide bonds. The summed E-state index contributed by atoms with van der Waals surface area (Å²) < 4.78 is 45.9. The van der Waals surface area contributed by atoms with E-state index in [-0.39, 0.29) is 25.3 Å². The number of carbonyl (C=O) groups is 1. The fraction of sp³-hybridized carbons (Fsp3) is 0.412. The normalized spacial score (nSPS) is 20.4. The van der Waals surface area contributed by atoms with Crippen LogP contribution in [-0.4, -0.2) is 41.9 Å². The van der Waals surface area contributed by atoms with Crippen LogP contribution in [-0.2, 0) is 15.0 Å². The monoisotopic (exact) mass is 396 g/mol. The van der Waals surface area contributed by atoms with Crippen LogP contribution < -0.4 is 10.2 Å². The Hall–Kier alpha value is -3.08. The molecule has 28 heavy (non-hydrogen) atoms. The molecule has 1 saturated heterocycles. The van der Waals surface area contributed by atoms with Crippen molar-refractivity contribution < 1.29 is 32.7 Å². The van der Waals surface area contributed by atoms with Gasteiger partial charge in [-0.3, -0.25) is 14.9 Å². The third-order valence-electron chi connectivity index (χ3n) is 5.02. The molecule has 11 heteroatoms. The number of aromatic nitrogens is 1. The lowest BCUT2D eigenvalue weighted by Gasteiger charge is -2.36. The molecule has 0 aliphatic carbocycles. The Labute approximate surface area is 155 Å². The lowest BCUT2D eigenvalue weighted by molar-refractivity contribution is -0.386. The van der Waals surface area contributed by atoms with E-state index >= 15 is 0 Å². The predicted molar refractivity (Wildman–Crippen MR) is 89.6 cm³/mol. The molecule has 148 valence electrons. The first-order chi connectivity index (χ1) is 13.3. The van der Waals surface area contributed by atoms with Crippen molar-refractivity contribution in [3.05, 3.63) is 43.7 Å². The van der Waals surface area contributed by atoms with Gasteiger partial charge in [-0.15, -0.1) is 0 Å². The number of nitro benzene ring substituents is 1. The molecule has 0 bridgehead atoms. The third kappa shape index (κ3) is 2.32. The van der Waals surface area contributed by atoms with E-state index in [1.165, 1.54) is 11.5 Å². The van der Waals surface area contributed by atoms with Crippen LogP contribution in [0.3, 0.4) is 0 Å². The molecule has 0 N–H and O–H groups in total. The zero-order valence-corrected chi connectivity index (χ0v) is 14.6. The van der Waals surface area contributed by atoms with E-state index in [1.54, 1.807) is 0 Å². The van der Waals surface area contributed by atoms with Gasteiger partial charge in [0.1, 0.15) is 28.6 Å². The molecule has 1 aromatic carbocycles. The SMILES string of the molecule is CCOC(=O)c1cn2c3c(c(F)c(F)c([N+](=O)[O-])c3c1=O)OCC21CCOC1. The number of ether oxygens (including phenoxy) is 3. The Morgan fingerprint density at radius 3 is 2.75 bits per heavy atom. The number of halogens is 2. The Morgan fingerprint density at radius 2 is 2.14 bits per heavy atom. The van der Waals surface area contributed by atoms with Crippen LogP contribution >= 0.6 is 0 Å². The molecule has 1 spiro atoms. The summed E-state index contributed by atoms with van der Waals surface area (Å²) in [6.07, 6.45) is 1.55. The number of carbonyl (C=O) groups excluding carboxylic acids is 1. The highest BCUT2D eigenvalue weighted by Crippen LogP contribution is 2.44. The third-order valence-corrected chi connectivity index (χ3v) is 5.02. The van der Waals surface area contributed by atoms with Crippen molar-refractivity contribution in [2.75, 3.05) is 26.4 Å². The largest absolute Gasteiger partial charge is 0.486 e. The summed E-state index contributed by atoms with van der Waals surface area (Å²) in [5, 5.41) is 10.7. The predicted octanol–water partition coefficient (Wildman–Crippen LogP) is 1.87. The summed E-state index contributed by atoms with van der Waals surface area (Å²) in [5.74, 6) is -5.01. The second-order valence-electron chi connectivity index (χ2n) is 6.56. The standard InChI is InChI=1S/C17H14F2N2O7/c1-2-27-16(23)8-5-20-13-9(14(8)22)12(21(24)25)10(18)11(19)15(13)28-7-17(20)3-4-26-6-17/h5H,2-4,6-7H2,1H3. The first-order valence-electron chi connectivity index (χ1n) is 8.45. The second-order valence-corrected chi connectivity index (χ2v) is 6.56. The van der Waals surface area contributed by atoms with Crippen LogP contribution in [0.5, 0.6) is 5.75 Å². The first kappa shape index (κ1) is 18.3.